The molecule has 116 valence electrons. The number of aryl methyl sites for hydroxylation is 1. The molecule has 0 bridgehead atoms. The van der Waals surface area contributed by atoms with Crippen LogP contribution in [0.5, 0.6) is 5.88 Å². The third-order valence-electron chi connectivity index (χ3n) is 3.76. The number of aromatic nitrogens is 2. The summed E-state index contributed by atoms with van der Waals surface area (Å²) in [6.45, 7) is 3.39. The van der Waals surface area contributed by atoms with Crippen LogP contribution in [0, 0.1) is 6.92 Å². The number of carbonyl (C=O) groups is 1. The summed E-state index contributed by atoms with van der Waals surface area (Å²) in [6.07, 6.45) is 2.30. The molecule has 0 saturated carbocycles. The zero-order valence-electron chi connectivity index (χ0n) is 12.6. The number of amides is 1. The van der Waals surface area contributed by atoms with Crippen molar-refractivity contribution in [1.82, 2.24) is 15.1 Å². The van der Waals surface area contributed by atoms with Gasteiger partial charge in [-0.3, -0.25) is 4.79 Å². The lowest BCUT2D eigenvalue weighted by atomic mass is 10.1. The van der Waals surface area contributed by atoms with Crippen LogP contribution in [0.4, 0.5) is 0 Å². The summed E-state index contributed by atoms with van der Waals surface area (Å²) in [5, 5.41) is 10.0. The number of rotatable bonds is 4. The zero-order chi connectivity index (χ0) is 15.4. The van der Waals surface area contributed by atoms with Gasteiger partial charge in [-0.05, 0) is 24.4 Å². The maximum absolute atomic E-state index is 12.2. The topological polar surface area (TPSA) is 55.3 Å². The van der Waals surface area contributed by atoms with E-state index in [0.29, 0.717) is 12.3 Å². The summed E-state index contributed by atoms with van der Waals surface area (Å²) in [7, 11) is 0. The Bertz CT molecular complexity index is 605. The number of piperidine rings is 1. The number of nitrogens with zero attached hydrogens (tertiary/aromatic N) is 3. The minimum Gasteiger partial charge on any atom is -0.473 e. The van der Waals surface area contributed by atoms with Gasteiger partial charge < -0.3 is 9.64 Å². The first-order valence-electron chi connectivity index (χ1n) is 7.48. The van der Waals surface area contributed by atoms with E-state index in [1.165, 1.54) is 0 Å². The van der Waals surface area contributed by atoms with Crippen LogP contribution >= 0.6 is 11.3 Å². The molecule has 1 fully saturated rings. The molecule has 0 radical (unpaired) electrons. The minimum absolute atomic E-state index is 0.114. The first-order chi connectivity index (χ1) is 10.7. The number of likely N-dealkylation sites (tertiary alicyclic amines) is 1. The lowest BCUT2D eigenvalue weighted by Gasteiger charge is -2.31. The molecular formula is C16H19N3O2S. The van der Waals surface area contributed by atoms with Crippen molar-refractivity contribution >= 4 is 17.2 Å². The average Bonchev–Trinajstić information content (AvgIpc) is 3.03. The predicted octanol–water partition coefficient (Wildman–Crippen LogP) is 2.46. The number of carbonyl (C=O) groups excluding carboxylic acids is 1. The minimum atomic E-state index is 0.114. The summed E-state index contributed by atoms with van der Waals surface area (Å²) in [4.78, 5) is 15.3. The maximum atomic E-state index is 12.2. The molecule has 5 nitrogen and oxygen atoms in total. The Balaban J connectivity index is 1.47. The zero-order valence-corrected chi connectivity index (χ0v) is 13.4. The highest BCUT2D eigenvalue weighted by molar-refractivity contribution is 7.10. The Hall–Kier alpha value is -1.95. The normalized spacial score (nSPS) is 15.8. The van der Waals surface area contributed by atoms with E-state index in [2.05, 4.69) is 10.2 Å². The lowest BCUT2D eigenvalue weighted by molar-refractivity contribution is -0.132. The number of ether oxygens (including phenoxy) is 1. The van der Waals surface area contributed by atoms with Crippen molar-refractivity contribution < 1.29 is 9.53 Å². The van der Waals surface area contributed by atoms with E-state index < -0.39 is 0 Å². The summed E-state index contributed by atoms with van der Waals surface area (Å²) in [5.74, 6) is 0.769. The fraction of sp³-hybridized carbons (Fsp3) is 0.438. The van der Waals surface area contributed by atoms with E-state index in [1.807, 2.05) is 41.5 Å². The van der Waals surface area contributed by atoms with Crippen LogP contribution in [0.25, 0.3) is 0 Å². The molecule has 1 aliphatic heterocycles. The monoisotopic (exact) mass is 317 g/mol. The maximum Gasteiger partial charge on any atom is 0.233 e. The molecule has 0 aromatic carbocycles. The lowest BCUT2D eigenvalue weighted by Crippen LogP contribution is -2.42. The first kappa shape index (κ1) is 15.0. The van der Waals surface area contributed by atoms with E-state index in [4.69, 9.17) is 4.74 Å². The van der Waals surface area contributed by atoms with Crippen molar-refractivity contribution in [3.8, 4) is 5.88 Å². The summed E-state index contributed by atoms with van der Waals surface area (Å²) < 4.78 is 5.83. The van der Waals surface area contributed by atoms with Crippen LogP contribution < -0.4 is 4.74 Å². The molecule has 1 aliphatic rings. The summed E-state index contributed by atoms with van der Waals surface area (Å²) >= 11 is 1.63. The van der Waals surface area contributed by atoms with Crippen LogP contribution in [0.3, 0.4) is 0 Å². The van der Waals surface area contributed by atoms with Gasteiger partial charge in [0.15, 0.2) is 0 Å². The van der Waals surface area contributed by atoms with Crippen molar-refractivity contribution in [1.29, 1.82) is 0 Å². The van der Waals surface area contributed by atoms with Gasteiger partial charge in [-0.25, -0.2) is 0 Å². The van der Waals surface area contributed by atoms with Gasteiger partial charge in [0.05, 0.1) is 12.1 Å². The van der Waals surface area contributed by atoms with Gasteiger partial charge in [0.25, 0.3) is 0 Å². The van der Waals surface area contributed by atoms with Gasteiger partial charge in [0, 0.05) is 36.9 Å². The molecule has 0 atom stereocenters. The van der Waals surface area contributed by atoms with E-state index in [-0.39, 0.29) is 12.0 Å². The highest BCUT2D eigenvalue weighted by Crippen LogP contribution is 2.18. The molecule has 0 N–H and O–H groups in total. The standard InChI is InChI=1S/C16H19N3O2S/c1-12-4-5-15(18-17-12)21-13-6-8-19(9-7-13)16(20)11-14-3-2-10-22-14/h2-5,10,13H,6-9,11H2,1H3. The number of hydrogen-bond donors (Lipinski definition) is 0. The molecule has 0 unspecified atom stereocenters. The third-order valence-corrected chi connectivity index (χ3v) is 4.64. The largest absolute Gasteiger partial charge is 0.473 e. The van der Waals surface area contributed by atoms with E-state index in [0.717, 1.165) is 36.5 Å². The third kappa shape index (κ3) is 3.82. The Kier molecular flexibility index (Phi) is 4.68. The average molecular weight is 317 g/mol. The second-order valence-corrected chi connectivity index (χ2v) is 6.50. The van der Waals surface area contributed by atoms with Gasteiger partial charge in [0.1, 0.15) is 6.10 Å². The van der Waals surface area contributed by atoms with E-state index >= 15 is 0 Å². The van der Waals surface area contributed by atoms with Crippen molar-refractivity contribution in [3.05, 3.63) is 40.2 Å². The second-order valence-electron chi connectivity index (χ2n) is 5.47. The summed E-state index contributed by atoms with van der Waals surface area (Å²) in [5.41, 5.74) is 0.876. The molecule has 0 aliphatic carbocycles. The fourth-order valence-electron chi connectivity index (χ4n) is 2.52. The molecule has 22 heavy (non-hydrogen) atoms. The van der Waals surface area contributed by atoms with E-state index in [9.17, 15) is 4.79 Å². The Labute approximate surface area is 133 Å². The Morgan fingerprint density at radius 1 is 1.32 bits per heavy atom. The molecule has 3 heterocycles. The highest BCUT2D eigenvalue weighted by atomic mass is 32.1. The van der Waals surface area contributed by atoms with Crippen LogP contribution in [0.1, 0.15) is 23.4 Å². The van der Waals surface area contributed by atoms with Crippen molar-refractivity contribution in [3.63, 3.8) is 0 Å². The van der Waals surface area contributed by atoms with Gasteiger partial charge in [-0.2, -0.15) is 5.10 Å². The Morgan fingerprint density at radius 2 is 2.14 bits per heavy atom. The van der Waals surface area contributed by atoms with Crippen molar-refractivity contribution in [2.24, 2.45) is 0 Å². The predicted molar refractivity (Wildman–Crippen MR) is 85.0 cm³/mol. The molecular weight excluding hydrogens is 298 g/mol. The van der Waals surface area contributed by atoms with Gasteiger partial charge in [0.2, 0.25) is 11.8 Å². The van der Waals surface area contributed by atoms with Crippen LogP contribution in [0.2, 0.25) is 0 Å². The first-order valence-corrected chi connectivity index (χ1v) is 8.36. The molecule has 0 spiro atoms. The summed E-state index contributed by atoms with van der Waals surface area (Å²) in [6, 6.07) is 7.73. The molecule has 1 saturated heterocycles. The van der Waals surface area contributed by atoms with Gasteiger partial charge in [-0.1, -0.05) is 6.07 Å². The number of thiophene rings is 1. The van der Waals surface area contributed by atoms with Gasteiger partial charge in [-0.15, -0.1) is 16.4 Å². The molecule has 3 rings (SSSR count). The molecule has 2 aromatic heterocycles. The highest BCUT2D eigenvalue weighted by Gasteiger charge is 2.24. The SMILES string of the molecule is Cc1ccc(OC2CCN(C(=O)Cc3cccs3)CC2)nn1. The second kappa shape index (κ2) is 6.87. The van der Waals surface area contributed by atoms with Crippen molar-refractivity contribution in [2.75, 3.05) is 13.1 Å². The molecule has 1 amide bonds. The van der Waals surface area contributed by atoms with Crippen molar-refractivity contribution in [2.45, 2.75) is 32.3 Å². The van der Waals surface area contributed by atoms with Gasteiger partial charge >= 0.3 is 0 Å². The number of hydrogen-bond acceptors (Lipinski definition) is 5. The smallest absolute Gasteiger partial charge is 0.233 e. The van der Waals surface area contributed by atoms with Crippen LogP contribution in [0.15, 0.2) is 29.6 Å². The quantitative estimate of drug-likeness (QED) is 0.869. The molecule has 2 aromatic rings. The fourth-order valence-corrected chi connectivity index (χ4v) is 3.21. The van der Waals surface area contributed by atoms with Crippen LogP contribution in [-0.4, -0.2) is 40.2 Å². The molecule has 6 heteroatoms. The van der Waals surface area contributed by atoms with E-state index in [1.54, 1.807) is 11.3 Å². The Morgan fingerprint density at radius 3 is 2.77 bits per heavy atom. The van der Waals surface area contributed by atoms with Crippen LogP contribution in [-0.2, 0) is 11.2 Å².